The number of allylic oxidation sites excluding steroid dienone is 1. The van der Waals surface area contributed by atoms with E-state index in [-0.39, 0.29) is 54.4 Å². The van der Waals surface area contributed by atoms with Gasteiger partial charge in [-0.05, 0) is 70.4 Å². The summed E-state index contributed by atoms with van der Waals surface area (Å²) in [5.74, 6) is 0.459. The topological polar surface area (TPSA) is 107 Å². The molecule has 0 saturated carbocycles. The Bertz CT molecular complexity index is 1070. The highest BCUT2D eigenvalue weighted by atomic mass is 19.1. The molecule has 0 radical (unpaired) electrons. The zero-order valence-corrected chi connectivity index (χ0v) is 25.6. The van der Waals surface area contributed by atoms with Gasteiger partial charge in [-0.25, -0.2) is 9.18 Å². The summed E-state index contributed by atoms with van der Waals surface area (Å²) >= 11 is 0. The first kappa shape index (κ1) is 29.7. The number of carbonyl (C=O) groups is 2. The summed E-state index contributed by atoms with van der Waals surface area (Å²) in [4.78, 5) is 33.1. The third-order valence-electron chi connectivity index (χ3n) is 10.6. The summed E-state index contributed by atoms with van der Waals surface area (Å²) in [6.45, 7) is 14.3. The van der Waals surface area contributed by atoms with Gasteiger partial charge in [-0.1, -0.05) is 26.8 Å². The number of hydrogen-bond donors (Lipinski definition) is 5. The van der Waals surface area contributed by atoms with E-state index in [9.17, 15) is 9.59 Å². The maximum atomic E-state index is 16.2. The van der Waals surface area contributed by atoms with E-state index in [1.165, 1.54) is 6.08 Å². The third kappa shape index (κ3) is 5.28. The highest BCUT2D eigenvalue weighted by molar-refractivity contribution is 5.87. The molecule has 6 aliphatic rings. The van der Waals surface area contributed by atoms with E-state index in [4.69, 9.17) is 0 Å². The summed E-state index contributed by atoms with van der Waals surface area (Å²) < 4.78 is 16.2. The number of piperazine rings is 1. The Balaban J connectivity index is 1.37. The lowest BCUT2D eigenvalue weighted by Crippen LogP contribution is -2.80. The molecule has 5 N–H and O–H groups in total. The van der Waals surface area contributed by atoms with Crippen molar-refractivity contribution in [3.8, 4) is 0 Å². The van der Waals surface area contributed by atoms with Gasteiger partial charge in [0.25, 0.3) is 0 Å². The maximum absolute atomic E-state index is 16.2. The van der Waals surface area contributed by atoms with Crippen LogP contribution in [0.1, 0.15) is 66.2 Å². The number of alkyl halides is 1. The van der Waals surface area contributed by atoms with Crippen molar-refractivity contribution in [1.82, 2.24) is 46.6 Å². The van der Waals surface area contributed by atoms with Gasteiger partial charge in [0, 0.05) is 49.0 Å². The first-order valence-electron chi connectivity index (χ1n) is 16.1. The number of piperidine rings is 2. The number of carbonyl (C=O) groups excluding carboxylic acids is 2. The van der Waals surface area contributed by atoms with Gasteiger partial charge in [0.15, 0.2) is 0 Å². The minimum atomic E-state index is -1.15. The van der Waals surface area contributed by atoms with Crippen molar-refractivity contribution in [1.29, 1.82) is 0 Å². The van der Waals surface area contributed by atoms with Crippen LogP contribution < -0.4 is 26.9 Å². The second-order valence-corrected chi connectivity index (χ2v) is 13.7. The number of rotatable bonds is 3. The molecule has 10 unspecified atom stereocenters. The minimum absolute atomic E-state index is 0.00468. The monoisotopic (exact) mass is 587 g/mol. The molecule has 10 atom stereocenters. The molecule has 4 saturated heterocycles. The normalized spacial score (nSPS) is 41.0. The number of fused-ring (bicyclic) bond motifs is 5. The second-order valence-electron chi connectivity index (χ2n) is 13.7. The Hall–Kier alpha value is -2.41. The van der Waals surface area contributed by atoms with Crippen LogP contribution in [0.3, 0.4) is 0 Å². The third-order valence-corrected chi connectivity index (χ3v) is 10.6. The van der Waals surface area contributed by atoms with Gasteiger partial charge in [0.1, 0.15) is 12.3 Å². The molecule has 0 aromatic heterocycles. The predicted octanol–water partition coefficient (Wildman–Crippen LogP) is 1.79. The van der Waals surface area contributed by atoms with Gasteiger partial charge in [-0.15, -0.1) is 5.53 Å². The Kier molecular flexibility index (Phi) is 8.43. The fraction of sp³-hybridized carbons (Fsp3) is 0.800. The number of nitrogens with one attached hydrogen (secondary N) is 5. The van der Waals surface area contributed by atoms with E-state index in [1.54, 1.807) is 0 Å². The van der Waals surface area contributed by atoms with Gasteiger partial charge in [0.05, 0.1) is 18.4 Å². The van der Waals surface area contributed by atoms with Gasteiger partial charge in [-0.2, -0.15) is 0 Å². The molecule has 0 spiro atoms. The fourth-order valence-electron chi connectivity index (χ4n) is 8.55. The smallest absolute Gasteiger partial charge is 0.320 e. The van der Waals surface area contributed by atoms with E-state index in [0.29, 0.717) is 31.3 Å². The van der Waals surface area contributed by atoms with Crippen molar-refractivity contribution in [3.63, 3.8) is 0 Å². The number of hydrogen-bond acceptors (Lipinski definition) is 8. The Morgan fingerprint density at radius 1 is 1.12 bits per heavy atom. The predicted molar refractivity (Wildman–Crippen MR) is 159 cm³/mol. The number of urea groups is 1. The molecule has 3 amide bonds. The fourth-order valence-corrected chi connectivity index (χ4v) is 8.55. The number of amides is 3. The van der Waals surface area contributed by atoms with Crippen molar-refractivity contribution in [2.75, 3.05) is 19.6 Å². The Labute approximate surface area is 249 Å². The van der Waals surface area contributed by atoms with Crippen LogP contribution in [0.5, 0.6) is 0 Å². The van der Waals surface area contributed by atoms with Crippen LogP contribution in [0.4, 0.5) is 9.18 Å². The molecule has 11 nitrogen and oxygen atoms in total. The molecule has 0 aliphatic carbocycles. The van der Waals surface area contributed by atoms with Gasteiger partial charge in [-0.3, -0.25) is 20.0 Å². The Morgan fingerprint density at radius 2 is 1.93 bits per heavy atom. The highest BCUT2D eigenvalue weighted by Crippen LogP contribution is 2.40. The zero-order valence-electron chi connectivity index (χ0n) is 25.6. The maximum Gasteiger partial charge on any atom is 0.320 e. The molecule has 234 valence electrons. The highest BCUT2D eigenvalue weighted by Gasteiger charge is 2.56. The van der Waals surface area contributed by atoms with Crippen molar-refractivity contribution in [2.45, 2.75) is 115 Å². The number of hydrazine groups is 2. The summed E-state index contributed by atoms with van der Waals surface area (Å²) in [6.07, 6.45) is 6.34. The lowest BCUT2D eigenvalue weighted by molar-refractivity contribution is -0.137. The van der Waals surface area contributed by atoms with Crippen LogP contribution in [0.15, 0.2) is 24.6 Å². The standard InChI is InChI=1S/C30H50FN9O2/c1-6-24(41)37-14-19(5)38(15-18(37)4)27-22-13-23(31)29-33-28(22)40(30(42)34-27)26-20(11-12-32-25(26)17(2)3)9-7-8-10-21-16-39(29)36-35-21/h6,16-20,22-23,25-29,32-33,35-36H,1,7-15H2,2-5H3,(H,34,42). The van der Waals surface area contributed by atoms with Crippen LogP contribution in [0.25, 0.3) is 0 Å². The first-order valence-corrected chi connectivity index (χ1v) is 16.1. The summed E-state index contributed by atoms with van der Waals surface area (Å²) in [7, 11) is 0. The van der Waals surface area contributed by atoms with E-state index in [0.717, 1.165) is 44.3 Å². The average Bonchev–Trinajstić information content (AvgIpc) is 3.44. The van der Waals surface area contributed by atoms with Gasteiger partial charge in [0.2, 0.25) is 5.91 Å². The quantitative estimate of drug-likeness (QED) is 0.319. The van der Waals surface area contributed by atoms with E-state index >= 15 is 4.39 Å². The minimum Gasteiger partial charge on any atom is -0.334 e. The molecule has 12 heteroatoms. The molecule has 6 rings (SSSR count). The van der Waals surface area contributed by atoms with Crippen molar-refractivity contribution in [3.05, 3.63) is 24.6 Å². The van der Waals surface area contributed by atoms with Gasteiger partial charge < -0.3 is 25.9 Å². The van der Waals surface area contributed by atoms with Crippen LogP contribution >= 0.6 is 0 Å². The average molecular weight is 588 g/mol. The largest absolute Gasteiger partial charge is 0.334 e. The lowest BCUT2D eigenvalue weighted by Gasteiger charge is -2.60. The molecular formula is C30H50FN9O2. The summed E-state index contributed by atoms with van der Waals surface area (Å²) in [5, 5.41) is 12.6. The molecule has 0 aromatic carbocycles. The van der Waals surface area contributed by atoms with Crippen LogP contribution in [-0.4, -0.2) is 100 Å². The van der Waals surface area contributed by atoms with Crippen LogP contribution in [0.2, 0.25) is 0 Å². The molecule has 4 bridgehead atoms. The molecule has 6 heterocycles. The zero-order chi connectivity index (χ0) is 29.7. The van der Waals surface area contributed by atoms with Crippen LogP contribution in [-0.2, 0) is 4.79 Å². The number of halogens is 1. The second kappa shape index (κ2) is 11.9. The van der Waals surface area contributed by atoms with Crippen molar-refractivity contribution >= 4 is 11.9 Å². The van der Waals surface area contributed by atoms with Crippen molar-refractivity contribution < 1.29 is 14.0 Å². The Morgan fingerprint density at radius 3 is 2.69 bits per heavy atom. The molecule has 42 heavy (non-hydrogen) atoms. The van der Waals surface area contributed by atoms with E-state index < -0.39 is 12.3 Å². The first-order chi connectivity index (χ1) is 20.2. The molecule has 6 aliphatic heterocycles. The van der Waals surface area contributed by atoms with E-state index in [1.807, 2.05) is 23.0 Å². The van der Waals surface area contributed by atoms with Crippen molar-refractivity contribution in [2.24, 2.45) is 17.8 Å². The summed E-state index contributed by atoms with van der Waals surface area (Å²) in [6, 6.07) is 0.0237. The molecule has 0 aromatic rings. The molecular weight excluding hydrogens is 537 g/mol. The van der Waals surface area contributed by atoms with Gasteiger partial charge >= 0.3 is 6.03 Å². The number of nitrogens with zero attached hydrogens (tertiary/aromatic N) is 4. The lowest BCUT2D eigenvalue weighted by atomic mass is 9.76. The SMILES string of the molecule is C=CC(=O)N1CC(C)N(C2NC(=O)N3C4NC(C(F)CC24)N2C=C(CCCCC4CCNC(C(C)C)C43)NN2)CC1C. The molecule has 4 fully saturated rings. The van der Waals surface area contributed by atoms with E-state index in [2.05, 4.69) is 64.1 Å². The van der Waals surface area contributed by atoms with Crippen LogP contribution in [0, 0.1) is 17.8 Å². The summed E-state index contributed by atoms with van der Waals surface area (Å²) in [5.41, 5.74) is 7.47.